The maximum absolute atomic E-state index is 13.2. The minimum atomic E-state index is -4.47. The van der Waals surface area contributed by atoms with Crippen molar-refractivity contribution in [3.8, 4) is 0 Å². The van der Waals surface area contributed by atoms with Gasteiger partial charge in [0.1, 0.15) is 11.5 Å². The fourth-order valence-corrected chi connectivity index (χ4v) is 3.34. The number of carbonyl (C=O) groups is 2. The Morgan fingerprint density at radius 3 is 2.39 bits per heavy atom. The van der Waals surface area contributed by atoms with Crippen LogP contribution >= 0.6 is 0 Å². The molecule has 0 radical (unpaired) electrons. The van der Waals surface area contributed by atoms with E-state index in [1.54, 1.807) is 13.8 Å². The first-order valence-corrected chi connectivity index (χ1v) is 9.32. The summed E-state index contributed by atoms with van der Waals surface area (Å²) in [6, 6.07) is 4.03. The number of rotatable bonds is 3. The van der Waals surface area contributed by atoms with Crippen LogP contribution in [0.1, 0.15) is 45.2 Å². The van der Waals surface area contributed by atoms with Gasteiger partial charge in [0.25, 0.3) is 11.8 Å². The van der Waals surface area contributed by atoms with Crippen LogP contribution in [0.25, 0.3) is 0 Å². The Balaban J connectivity index is 1.64. The Hall–Kier alpha value is -3.76. The molecule has 0 bridgehead atoms. The zero-order valence-corrected chi connectivity index (χ0v) is 16.5. The van der Waals surface area contributed by atoms with Crippen molar-refractivity contribution in [1.29, 1.82) is 0 Å². The first kappa shape index (κ1) is 20.5. The van der Waals surface area contributed by atoms with Crippen LogP contribution in [0, 0.1) is 6.92 Å². The first-order valence-electron chi connectivity index (χ1n) is 9.32. The monoisotopic (exact) mass is 430 g/mol. The highest BCUT2D eigenvalue weighted by Gasteiger charge is 2.36. The molecule has 3 heterocycles. The fraction of sp³-hybridized carbons (Fsp3) is 0.250. The van der Waals surface area contributed by atoms with Gasteiger partial charge >= 0.3 is 6.18 Å². The van der Waals surface area contributed by atoms with Crippen LogP contribution in [0.4, 0.5) is 24.5 Å². The van der Waals surface area contributed by atoms with E-state index in [0.717, 1.165) is 12.1 Å². The lowest BCUT2D eigenvalue weighted by Gasteiger charge is -2.32. The number of aryl methyl sites for hydroxylation is 1. The van der Waals surface area contributed by atoms with Gasteiger partial charge in [-0.3, -0.25) is 14.3 Å². The van der Waals surface area contributed by atoms with Gasteiger partial charge in [0, 0.05) is 12.2 Å². The summed E-state index contributed by atoms with van der Waals surface area (Å²) in [7, 11) is 0. The van der Waals surface area contributed by atoms with Gasteiger partial charge in [0.15, 0.2) is 0 Å². The smallest absolute Gasteiger partial charge is 0.319 e. The van der Waals surface area contributed by atoms with Gasteiger partial charge in [-0.05, 0) is 38.1 Å². The van der Waals surface area contributed by atoms with Gasteiger partial charge in [-0.1, -0.05) is 0 Å². The molecule has 2 amide bonds. The van der Waals surface area contributed by atoms with E-state index in [4.69, 9.17) is 0 Å². The van der Waals surface area contributed by atoms with Crippen molar-refractivity contribution in [2.45, 2.75) is 26.1 Å². The summed E-state index contributed by atoms with van der Waals surface area (Å²) >= 11 is 0. The van der Waals surface area contributed by atoms with Crippen molar-refractivity contribution in [3.05, 3.63) is 65.5 Å². The van der Waals surface area contributed by atoms with Crippen molar-refractivity contribution in [2.24, 2.45) is 0 Å². The quantitative estimate of drug-likeness (QED) is 0.687. The van der Waals surface area contributed by atoms with E-state index in [9.17, 15) is 22.8 Å². The number of nitrogens with one attached hydrogen (secondary N) is 1. The lowest BCUT2D eigenvalue weighted by atomic mass is 10.1. The molecule has 11 heteroatoms. The Morgan fingerprint density at radius 2 is 1.77 bits per heavy atom. The highest BCUT2D eigenvalue weighted by molar-refractivity contribution is 6.15. The van der Waals surface area contributed by atoms with Crippen molar-refractivity contribution in [3.63, 3.8) is 0 Å². The normalized spacial score (nSPS) is 16.2. The zero-order chi connectivity index (χ0) is 22.3. The van der Waals surface area contributed by atoms with Crippen LogP contribution < -0.4 is 10.2 Å². The van der Waals surface area contributed by atoms with Gasteiger partial charge in [0.05, 0.1) is 41.4 Å². The molecule has 0 fully saturated rings. The molecule has 2 aromatic heterocycles. The number of fused-ring (bicyclic) bond motifs is 1. The zero-order valence-electron chi connectivity index (χ0n) is 16.5. The maximum atomic E-state index is 13.2. The van der Waals surface area contributed by atoms with Gasteiger partial charge in [-0.25, -0.2) is 9.97 Å². The van der Waals surface area contributed by atoms with Crippen LogP contribution in [-0.2, 0) is 6.18 Å². The Kier molecular flexibility index (Phi) is 4.96. The summed E-state index contributed by atoms with van der Waals surface area (Å²) in [6.07, 6.45) is -0.296. The minimum Gasteiger partial charge on any atom is -0.319 e. The van der Waals surface area contributed by atoms with E-state index in [1.165, 1.54) is 40.3 Å². The molecule has 0 spiro atoms. The van der Waals surface area contributed by atoms with Crippen molar-refractivity contribution < 1.29 is 22.8 Å². The predicted molar refractivity (Wildman–Crippen MR) is 105 cm³/mol. The van der Waals surface area contributed by atoms with E-state index in [-0.39, 0.29) is 23.8 Å². The molecule has 0 unspecified atom stereocenters. The third-order valence-electron chi connectivity index (χ3n) is 4.90. The predicted octanol–water partition coefficient (Wildman–Crippen LogP) is 3.47. The third kappa shape index (κ3) is 3.86. The van der Waals surface area contributed by atoms with E-state index in [2.05, 4.69) is 20.4 Å². The summed E-state index contributed by atoms with van der Waals surface area (Å²) in [4.78, 5) is 35.3. The number of alkyl halides is 3. The summed E-state index contributed by atoms with van der Waals surface area (Å²) in [5, 5.41) is 6.79. The topological polar surface area (TPSA) is 93.0 Å². The number of nitrogens with zero attached hydrogens (tertiary/aromatic N) is 5. The van der Waals surface area contributed by atoms with Crippen LogP contribution in [0.5, 0.6) is 0 Å². The van der Waals surface area contributed by atoms with Gasteiger partial charge in [-0.2, -0.15) is 18.3 Å². The molecule has 1 aromatic carbocycles. The second-order valence-electron chi connectivity index (χ2n) is 7.13. The number of hydrogen-bond acceptors (Lipinski definition) is 5. The fourth-order valence-electron chi connectivity index (χ4n) is 3.34. The first-order chi connectivity index (χ1) is 14.6. The molecule has 3 aromatic rings. The third-order valence-corrected chi connectivity index (χ3v) is 4.90. The second-order valence-corrected chi connectivity index (χ2v) is 7.13. The van der Waals surface area contributed by atoms with Gasteiger partial charge in [0.2, 0.25) is 0 Å². The largest absolute Gasteiger partial charge is 0.416 e. The summed E-state index contributed by atoms with van der Waals surface area (Å²) in [5.74, 6) is -0.554. The molecule has 8 nitrogen and oxygen atoms in total. The number of benzene rings is 1. The molecule has 1 aliphatic heterocycles. The number of halogens is 3. The van der Waals surface area contributed by atoms with Gasteiger partial charge < -0.3 is 10.2 Å². The molecule has 0 aliphatic carbocycles. The molecular weight excluding hydrogens is 413 g/mol. The number of anilines is 2. The van der Waals surface area contributed by atoms with Crippen molar-refractivity contribution in [2.75, 3.05) is 16.8 Å². The standard InChI is InChI=1S/C20H17F3N6O2/c1-11-10-28(15-5-3-13(4-6-15)20(21,22)23)19(31)17-16(9-26-29(11)17)18(30)27-14-7-24-12(2)25-8-14/h3-9,11H,10H2,1-2H3,(H,27,30)/t11-/m0/s1. The number of amides is 2. The molecule has 160 valence electrons. The highest BCUT2D eigenvalue weighted by Crippen LogP contribution is 2.32. The summed E-state index contributed by atoms with van der Waals surface area (Å²) < 4.78 is 40.0. The molecule has 1 N–H and O–H groups in total. The highest BCUT2D eigenvalue weighted by atomic mass is 19.4. The molecular formula is C20H17F3N6O2. The lowest BCUT2D eigenvalue weighted by Crippen LogP contribution is -2.43. The van der Waals surface area contributed by atoms with E-state index >= 15 is 0 Å². The molecule has 4 rings (SSSR count). The maximum Gasteiger partial charge on any atom is 0.416 e. The van der Waals surface area contributed by atoms with E-state index in [1.807, 2.05) is 0 Å². The Labute approximate surface area is 174 Å². The van der Waals surface area contributed by atoms with Gasteiger partial charge in [-0.15, -0.1) is 0 Å². The van der Waals surface area contributed by atoms with Crippen LogP contribution in [0.2, 0.25) is 0 Å². The van der Waals surface area contributed by atoms with E-state index in [0.29, 0.717) is 17.2 Å². The van der Waals surface area contributed by atoms with Crippen LogP contribution in [-0.4, -0.2) is 38.1 Å². The summed E-state index contributed by atoms with van der Waals surface area (Å²) in [5.41, 5.74) is -0.0422. The average Bonchev–Trinajstić information content (AvgIpc) is 3.18. The second kappa shape index (κ2) is 7.49. The average molecular weight is 430 g/mol. The molecule has 0 saturated heterocycles. The van der Waals surface area contributed by atoms with Crippen molar-refractivity contribution in [1.82, 2.24) is 19.7 Å². The Bertz CT molecular complexity index is 1140. The van der Waals surface area contributed by atoms with Crippen LogP contribution in [0.3, 0.4) is 0 Å². The van der Waals surface area contributed by atoms with Crippen molar-refractivity contribution >= 4 is 23.2 Å². The lowest BCUT2D eigenvalue weighted by molar-refractivity contribution is -0.137. The number of carbonyl (C=O) groups excluding carboxylic acids is 2. The molecule has 1 aliphatic rings. The number of aromatic nitrogens is 4. The molecule has 1 atom stereocenters. The van der Waals surface area contributed by atoms with E-state index < -0.39 is 23.6 Å². The number of hydrogen-bond donors (Lipinski definition) is 1. The minimum absolute atomic E-state index is 0.0500. The van der Waals surface area contributed by atoms with Crippen LogP contribution in [0.15, 0.2) is 42.9 Å². The molecule has 0 saturated carbocycles. The SMILES string of the molecule is Cc1ncc(NC(=O)c2cnn3c2C(=O)N(c2ccc(C(F)(F)F)cc2)C[C@@H]3C)cn1. The summed E-state index contributed by atoms with van der Waals surface area (Å²) in [6.45, 7) is 3.71. The molecule has 31 heavy (non-hydrogen) atoms. The Morgan fingerprint density at radius 1 is 1.13 bits per heavy atom.